The largest absolute Gasteiger partial charge is 0.496 e. The van der Waals surface area contributed by atoms with E-state index in [4.69, 9.17) is 14.6 Å². The van der Waals surface area contributed by atoms with E-state index in [1.807, 2.05) is 6.92 Å². The zero-order valence-corrected chi connectivity index (χ0v) is 12.3. The molecular weight excluding hydrogens is 274 g/mol. The van der Waals surface area contributed by atoms with E-state index in [1.165, 1.54) is 13.2 Å². The molecule has 2 N–H and O–H groups in total. The molecule has 0 aliphatic heterocycles. The first-order valence-corrected chi connectivity index (χ1v) is 6.85. The first kappa shape index (κ1) is 17.0. The number of rotatable bonds is 9. The highest BCUT2D eigenvalue weighted by molar-refractivity contribution is 5.91. The van der Waals surface area contributed by atoms with Crippen molar-refractivity contribution < 1.29 is 24.2 Å². The summed E-state index contributed by atoms with van der Waals surface area (Å²) < 4.78 is 9.99. The van der Waals surface area contributed by atoms with E-state index in [1.54, 1.807) is 12.1 Å². The van der Waals surface area contributed by atoms with E-state index in [9.17, 15) is 9.59 Å². The Morgan fingerprint density at radius 1 is 1.33 bits per heavy atom. The second-order valence-corrected chi connectivity index (χ2v) is 4.52. The van der Waals surface area contributed by atoms with Crippen LogP contribution in [-0.4, -0.2) is 37.3 Å². The molecule has 1 aromatic rings. The molecule has 0 aliphatic carbocycles. The lowest BCUT2D eigenvalue weighted by Crippen LogP contribution is -2.24. The van der Waals surface area contributed by atoms with Crippen molar-refractivity contribution in [1.82, 2.24) is 5.32 Å². The molecule has 0 fully saturated rings. The summed E-state index contributed by atoms with van der Waals surface area (Å²) in [5.41, 5.74) is 0.858. The lowest BCUT2D eigenvalue weighted by Gasteiger charge is -2.09. The average Bonchev–Trinajstić information content (AvgIpc) is 2.47. The molecule has 0 radical (unpaired) electrons. The lowest BCUT2D eigenvalue weighted by molar-refractivity contribution is -0.142. The Morgan fingerprint density at radius 2 is 2.10 bits per heavy atom. The number of unbranched alkanes of at least 4 members (excludes halogenated alkanes) is 1. The number of carbonyl (C=O) groups is 2. The van der Waals surface area contributed by atoms with Gasteiger partial charge in [0.15, 0.2) is 0 Å². The summed E-state index contributed by atoms with van der Waals surface area (Å²) >= 11 is 0. The normalized spacial score (nSPS) is 10.2. The quantitative estimate of drug-likeness (QED) is 0.534. The van der Waals surface area contributed by atoms with Gasteiger partial charge in [0.1, 0.15) is 11.3 Å². The first-order chi connectivity index (χ1) is 10.1. The fraction of sp³-hybridized carbons (Fsp3) is 0.467. The molecule has 1 aromatic carbocycles. The minimum Gasteiger partial charge on any atom is -0.496 e. The number of carbonyl (C=O) groups excluding carboxylic acids is 1. The van der Waals surface area contributed by atoms with Crippen LogP contribution in [0, 0.1) is 0 Å². The number of carboxylic acid groups (broad SMARTS) is 1. The van der Waals surface area contributed by atoms with Crippen molar-refractivity contribution in [3.8, 4) is 5.75 Å². The molecule has 0 aromatic heterocycles. The maximum Gasteiger partial charge on any atom is 0.339 e. The summed E-state index contributed by atoms with van der Waals surface area (Å²) in [6, 6.07) is 4.87. The number of esters is 1. The number of nitrogens with one attached hydrogen (secondary N) is 1. The molecule has 6 nitrogen and oxygen atoms in total. The smallest absolute Gasteiger partial charge is 0.339 e. The number of benzene rings is 1. The van der Waals surface area contributed by atoms with Crippen molar-refractivity contribution in [3.63, 3.8) is 0 Å². The van der Waals surface area contributed by atoms with Crippen LogP contribution in [-0.2, 0) is 16.1 Å². The number of methoxy groups -OCH3 is 1. The Hall–Kier alpha value is -2.08. The van der Waals surface area contributed by atoms with Crippen molar-refractivity contribution in [2.45, 2.75) is 26.3 Å². The van der Waals surface area contributed by atoms with Crippen LogP contribution in [0.1, 0.15) is 35.7 Å². The van der Waals surface area contributed by atoms with Crippen LogP contribution in [0.15, 0.2) is 18.2 Å². The zero-order chi connectivity index (χ0) is 15.7. The minimum absolute atomic E-state index is 0.0954. The third kappa shape index (κ3) is 5.83. The van der Waals surface area contributed by atoms with Gasteiger partial charge in [0.25, 0.3) is 0 Å². The maximum absolute atomic E-state index is 11.4. The van der Waals surface area contributed by atoms with Crippen molar-refractivity contribution in [1.29, 1.82) is 0 Å². The van der Waals surface area contributed by atoms with Gasteiger partial charge in [-0.25, -0.2) is 4.79 Å². The molecule has 0 amide bonds. The maximum atomic E-state index is 11.4. The summed E-state index contributed by atoms with van der Waals surface area (Å²) in [6.45, 7) is 2.93. The van der Waals surface area contributed by atoms with Gasteiger partial charge in [0.05, 0.1) is 20.3 Å². The van der Waals surface area contributed by atoms with Gasteiger partial charge >= 0.3 is 11.9 Å². The summed E-state index contributed by atoms with van der Waals surface area (Å²) in [6.07, 6.45) is 1.83. The Kier molecular flexibility index (Phi) is 7.25. The van der Waals surface area contributed by atoms with Gasteiger partial charge in [0.2, 0.25) is 0 Å². The number of aromatic carboxylic acids is 1. The number of hydrogen-bond acceptors (Lipinski definition) is 5. The molecule has 0 saturated heterocycles. The van der Waals surface area contributed by atoms with Crippen LogP contribution >= 0.6 is 0 Å². The molecule has 0 unspecified atom stereocenters. The number of carboxylic acids is 1. The first-order valence-electron chi connectivity index (χ1n) is 6.85. The topological polar surface area (TPSA) is 84.9 Å². The summed E-state index contributed by atoms with van der Waals surface area (Å²) in [5, 5.41) is 12.0. The molecule has 0 heterocycles. The Labute approximate surface area is 124 Å². The van der Waals surface area contributed by atoms with Gasteiger partial charge in [-0.15, -0.1) is 0 Å². The second-order valence-electron chi connectivity index (χ2n) is 4.52. The van der Waals surface area contributed by atoms with Crippen molar-refractivity contribution in [2.24, 2.45) is 0 Å². The van der Waals surface area contributed by atoms with Crippen LogP contribution in [0.25, 0.3) is 0 Å². The molecule has 1 rings (SSSR count). The van der Waals surface area contributed by atoms with E-state index < -0.39 is 5.97 Å². The van der Waals surface area contributed by atoms with Gasteiger partial charge in [-0.2, -0.15) is 0 Å². The van der Waals surface area contributed by atoms with Gasteiger partial charge < -0.3 is 19.9 Å². The van der Waals surface area contributed by atoms with E-state index in [2.05, 4.69) is 5.32 Å². The van der Waals surface area contributed by atoms with Gasteiger partial charge in [-0.05, 0) is 24.1 Å². The summed E-state index contributed by atoms with van der Waals surface area (Å²) in [4.78, 5) is 22.5. The molecule has 21 heavy (non-hydrogen) atoms. The lowest BCUT2D eigenvalue weighted by atomic mass is 10.1. The molecule has 0 atom stereocenters. The SMILES string of the molecule is CCCCOC(=O)CNCc1ccc(OC)c(C(=O)O)c1. The van der Waals surface area contributed by atoms with E-state index in [-0.39, 0.29) is 18.1 Å². The monoisotopic (exact) mass is 295 g/mol. The molecule has 0 saturated carbocycles. The third-order valence-electron chi connectivity index (χ3n) is 2.85. The van der Waals surface area contributed by atoms with Crippen molar-refractivity contribution >= 4 is 11.9 Å². The van der Waals surface area contributed by atoms with E-state index in [0.29, 0.717) is 18.9 Å². The van der Waals surface area contributed by atoms with E-state index >= 15 is 0 Å². The minimum atomic E-state index is -1.05. The molecule has 0 aliphatic rings. The Morgan fingerprint density at radius 3 is 2.71 bits per heavy atom. The Balaban J connectivity index is 2.47. The highest BCUT2D eigenvalue weighted by atomic mass is 16.5. The molecular formula is C15H21NO5. The van der Waals surface area contributed by atoms with E-state index in [0.717, 1.165) is 18.4 Å². The molecule has 0 spiro atoms. The van der Waals surface area contributed by atoms with Crippen molar-refractivity contribution in [2.75, 3.05) is 20.3 Å². The molecule has 116 valence electrons. The van der Waals surface area contributed by atoms with Crippen LogP contribution in [0.3, 0.4) is 0 Å². The predicted octanol–water partition coefficient (Wildman–Crippen LogP) is 1.83. The summed E-state index contributed by atoms with van der Waals surface area (Å²) in [7, 11) is 1.42. The Bertz CT molecular complexity index is 487. The third-order valence-corrected chi connectivity index (χ3v) is 2.85. The van der Waals surface area contributed by atoms with Gasteiger partial charge in [-0.3, -0.25) is 4.79 Å². The fourth-order valence-electron chi connectivity index (χ4n) is 1.72. The highest BCUT2D eigenvalue weighted by Crippen LogP contribution is 2.19. The van der Waals surface area contributed by atoms with Crippen LogP contribution in [0.5, 0.6) is 5.75 Å². The van der Waals surface area contributed by atoms with Crippen LogP contribution in [0.4, 0.5) is 0 Å². The second kappa shape index (κ2) is 8.97. The standard InChI is InChI=1S/C15H21NO5/c1-3-4-7-21-14(17)10-16-9-11-5-6-13(20-2)12(8-11)15(18)19/h5-6,8,16H,3-4,7,9-10H2,1-2H3,(H,18,19). The van der Waals surface area contributed by atoms with Crippen molar-refractivity contribution in [3.05, 3.63) is 29.3 Å². The highest BCUT2D eigenvalue weighted by Gasteiger charge is 2.11. The molecule has 0 bridgehead atoms. The fourth-order valence-corrected chi connectivity index (χ4v) is 1.72. The average molecular weight is 295 g/mol. The predicted molar refractivity (Wildman–Crippen MR) is 77.5 cm³/mol. The summed E-state index contributed by atoms with van der Waals surface area (Å²) in [5.74, 6) is -1.05. The number of ether oxygens (including phenoxy) is 2. The van der Waals surface area contributed by atoms with Gasteiger partial charge in [0, 0.05) is 6.54 Å². The van der Waals surface area contributed by atoms with Crippen LogP contribution < -0.4 is 10.1 Å². The molecule has 6 heteroatoms. The zero-order valence-electron chi connectivity index (χ0n) is 12.3. The number of hydrogen-bond donors (Lipinski definition) is 2. The van der Waals surface area contributed by atoms with Gasteiger partial charge in [-0.1, -0.05) is 19.4 Å². The van der Waals surface area contributed by atoms with Crippen LogP contribution in [0.2, 0.25) is 0 Å².